The van der Waals surface area contributed by atoms with Crippen LogP contribution in [-0.4, -0.2) is 24.4 Å². The zero-order valence-corrected chi connectivity index (χ0v) is 25.5. The number of hydrogen-bond acceptors (Lipinski definition) is 3. The minimum Gasteiger partial charge on any atom is -0.314 e. The molecule has 0 aliphatic carbocycles. The van der Waals surface area contributed by atoms with E-state index in [1.165, 1.54) is 11.1 Å². The number of anilines is 3. The van der Waals surface area contributed by atoms with Crippen LogP contribution < -0.4 is 26.1 Å². The van der Waals surface area contributed by atoms with Gasteiger partial charge in [0.15, 0.2) is 0 Å². The Balaban J connectivity index is 1.96. The van der Waals surface area contributed by atoms with Crippen LogP contribution in [0, 0.1) is 0 Å². The standard InChI is InChI=1S/C31H40N2O2P2/c1-10-32(11-2)37(35)26-18-16-22(31(6,7)8)20-24(26)33-23-19-21(30(3,4)5)15-17-25(23)36(9,34)27-13-12-14-28(37)29(27)33/h12-20H,10-11H2,1-9H3. The topological polar surface area (TPSA) is 40.6 Å². The predicted molar refractivity (Wildman–Crippen MR) is 161 cm³/mol. The molecule has 2 aliphatic heterocycles. The van der Waals surface area contributed by atoms with Gasteiger partial charge in [0, 0.05) is 23.7 Å². The lowest BCUT2D eigenvalue weighted by atomic mass is 9.86. The second kappa shape index (κ2) is 8.44. The Bertz CT molecular complexity index is 1510. The van der Waals surface area contributed by atoms with Gasteiger partial charge in [-0.2, -0.15) is 0 Å². The zero-order valence-electron chi connectivity index (χ0n) is 23.7. The van der Waals surface area contributed by atoms with Crippen molar-refractivity contribution in [1.29, 1.82) is 0 Å². The summed E-state index contributed by atoms with van der Waals surface area (Å²) in [6.07, 6.45) is 0. The van der Waals surface area contributed by atoms with E-state index in [9.17, 15) is 4.57 Å². The quantitative estimate of drug-likeness (QED) is 0.343. The maximum absolute atomic E-state index is 15.4. The normalized spacial score (nSPS) is 22.5. The molecular weight excluding hydrogens is 494 g/mol. The van der Waals surface area contributed by atoms with Gasteiger partial charge in [0.2, 0.25) is 7.29 Å². The van der Waals surface area contributed by atoms with E-state index in [0.717, 1.165) is 38.3 Å². The van der Waals surface area contributed by atoms with Crippen LogP contribution in [0.5, 0.6) is 0 Å². The van der Waals surface area contributed by atoms with Gasteiger partial charge in [-0.3, -0.25) is 4.57 Å². The molecule has 0 fully saturated rings. The highest BCUT2D eigenvalue weighted by Gasteiger charge is 2.49. The molecule has 196 valence electrons. The van der Waals surface area contributed by atoms with Gasteiger partial charge < -0.3 is 9.46 Å². The first-order chi connectivity index (χ1) is 17.2. The molecule has 0 amide bonds. The monoisotopic (exact) mass is 534 g/mol. The summed E-state index contributed by atoms with van der Waals surface area (Å²) in [7, 11) is -6.08. The second-order valence-corrected chi connectivity index (χ2v) is 18.0. The predicted octanol–water partition coefficient (Wildman–Crippen LogP) is 6.89. The SMILES string of the molecule is CCN(CC)P1(=O)c2ccc(C(C)(C)C)cc2N2c3cc(C(C)(C)C)ccc3P(C)(=O)c3cccc1c32. The van der Waals surface area contributed by atoms with Crippen molar-refractivity contribution in [3.63, 3.8) is 0 Å². The number of hydrogen-bond donors (Lipinski definition) is 0. The Morgan fingerprint density at radius 2 is 1.19 bits per heavy atom. The van der Waals surface area contributed by atoms with Gasteiger partial charge >= 0.3 is 0 Å². The molecule has 3 aromatic carbocycles. The second-order valence-electron chi connectivity index (χ2n) is 12.5. The number of rotatable bonds is 3. The molecule has 0 saturated heterocycles. The van der Waals surface area contributed by atoms with Gasteiger partial charge in [-0.15, -0.1) is 0 Å². The van der Waals surface area contributed by atoms with Gasteiger partial charge in [-0.1, -0.05) is 73.6 Å². The van der Waals surface area contributed by atoms with Crippen molar-refractivity contribution in [1.82, 2.24) is 4.67 Å². The van der Waals surface area contributed by atoms with E-state index in [1.54, 1.807) is 0 Å². The molecule has 0 radical (unpaired) electrons. The maximum Gasteiger partial charge on any atom is 0.211 e. The zero-order chi connectivity index (χ0) is 27.1. The lowest BCUT2D eigenvalue weighted by molar-refractivity contribution is 0.458. The van der Waals surface area contributed by atoms with Crippen LogP contribution in [0.25, 0.3) is 0 Å². The third kappa shape index (κ3) is 3.75. The lowest BCUT2D eigenvalue weighted by Crippen LogP contribution is -2.46. The molecule has 2 unspecified atom stereocenters. The average Bonchev–Trinajstić information content (AvgIpc) is 2.82. The Kier molecular flexibility index (Phi) is 6.04. The third-order valence-corrected chi connectivity index (χ3v) is 14.1. The first-order valence-corrected chi connectivity index (χ1v) is 17.2. The summed E-state index contributed by atoms with van der Waals surface area (Å²) >= 11 is 0. The number of nitrogens with zero attached hydrogens (tertiary/aromatic N) is 2. The van der Waals surface area contributed by atoms with E-state index in [2.05, 4.69) is 101 Å². The minimum absolute atomic E-state index is 0.0606. The number of benzene rings is 3. The maximum atomic E-state index is 15.4. The highest BCUT2D eigenvalue weighted by atomic mass is 31.2. The van der Waals surface area contributed by atoms with Gasteiger partial charge in [-0.05, 0) is 65.0 Å². The van der Waals surface area contributed by atoms with Crippen molar-refractivity contribution in [3.05, 3.63) is 65.7 Å². The highest BCUT2D eigenvalue weighted by molar-refractivity contribution is 7.80. The molecule has 0 saturated carbocycles. The summed E-state index contributed by atoms with van der Waals surface area (Å²) in [4.78, 5) is 2.28. The van der Waals surface area contributed by atoms with E-state index in [4.69, 9.17) is 0 Å². The summed E-state index contributed by atoms with van der Waals surface area (Å²) in [6, 6.07) is 18.8. The van der Waals surface area contributed by atoms with Crippen LogP contribution in [0.3, 0.4) is 0 Å². The third-order valence-electron chi connectivity index (χ3n) is 8.08. The average molecular weight is 535 g/mol. The van der Waals surface area contributed by atoms with Crippen LogP contribution in [-0.2, 0) is 20.0 Å². The fraction of sp³-hybridized carbons (Fsp3) is 0.419. The van der Waals surface area contributed by atoms with Crippen LogP contribution >= 0.6 is 14.4 Å². The fourth-order valence-electron chi connectivity index (χ4n) is 5.85. The molecule has 2 atom stereocenters. The van der Waals surface area contributed by atoms with Gasteiger partial charge in [-0.25, -0.2) is 4.67 Å². The molecule has 0 aromatic heterocycles. The van der Waals surface area contributed by atoms with Crippen molar-refractivity contribution in [2.75, 3.05) is 24.7 Å². The summed E-state index contributed by atoms with van der Waals surface area (Å²) < 4.78 is 32.1. The van der Waals surface area contributed by atoms with E-state index in [0.29, 0.717) is 13.1 Å². The Hall–Kier alpha value is -2.12. The minimum atomic E-state index is -3.16. The Morgan fingerprint density at radius 3 is 1.70 bits per heavy atom. The van der Waals surface area contributed by atoms with Crippen LogP contribution in [0.2, 0.25) is 0 Å². The summed E-state index contributed by atoms with van der Waals surface area (Å²) in [5.41, 5.74) is 5.02. The van der Waals surface area contributed by atoms with Gasteiger partial charge in [0.05, 0.1) is 27.7 Å². The molecule has 37 heavy (non-hydrogen) atoms. The first kappa shape index (κ1) is 26.5. The molecule has 2 aliphatic rings. The van der Waals surface area contributed by atoms with Crippen molar-refractivity contribution in [2.24, 2.45) is 0 Å². The summed E-state index contributed by atoms with van der Waals surface area (Å²) in [6.45, 7) is 20.6. The van der Waals surface area contributed by atoms with E-state index in [-0.39, 0.29) is 10.8 Å². The van der Waals surface area contributed by atoms with Crippen molar-refractivity contribution in [2.45, 2.75) is 66.2 Å². The highest BCUT2D eigenvalue weighted by Crippen LogP contribution is 2.61. The van der Waals surface area contributed by atoms with E-state index < -0.39 is 14.4 Å². The van der Waals surface area contributed by atoms with Crippen molar-refractivity contribution < 1.29 is 9.13 Å². The molecule has 2 heterocycles. The largest absolute Gasteiger partial charge is 0.314 e. The smallest absolute Gasteiger partial charge is 0.211 e. The molecule has 3 aromatic rings. The lowest BCUT2D eigenvalue weighted by Gasteiger charge is -2.46. The summed E-state index contributed by atoms with van der Waals surface area (Å²) in [5.74, 6) is 0. The summed E-state index contributed by atoms with van der Waals surface area (Å²) in [5, 5.41) is 3.35. The first-order valence-electron chi connectivity index (χ1n) is 13.3. The fourth-order valence-corrected chi connectivity index (χ4v) is 11.4. The van der Waals surface area contributed by atoms with Gasteiger partial charge in [0.25, 0.3) is 0 Å². The number of para-hydroxylation sites is 1. The molecule has 0 N–H and O–H groups in total. The van der Waals surface area contributed by atoms with Crippen LogP contribution in [0.15, 0.2) is 54.6 Å². The molecule has 0 bridgehead atoms. The van der Waals surface area contributed by atoms with E-state index >= 15 is 4.57 Å². The Labute approximate surface area is 222 Å². The molecule has 6 heteroatoms. The molecule has 5 rings (SSSR count). The molecule has 0 spiro atoms. The molecular formula is C31H40N2O2P2. The van der Waals surface area contributed by atoms with Crippen LogP contribution in [0.4, 0.5) is 17.1 Å². The van der Waals surface area contributed by atoms with E-state index in [1.807, 2.05) is 24.9 Å². The van der Waals surface area contributed by atoms with Crippen molar-refractivity contribution in [3.8, 4) is 0 Å². The van der Waals surface area contributed by atoms with Crippen molar-refractivity contribution >= 4 is 52.7 Å². The number of fused-ring (bicyclic) bond motifs is 4. The van der Waals surface area contributed by atoms with Gasteiger partial charge in [0.1, 0.15) is 7.14 Å². The Morgan fingerprint density at radius 1 is 0.703 bits per heavy atom. The van der Waals surface area contributed by atoms with Crippen LogP contribution in [0.1, 0.15) is 66.5 Å². The molecule has 4 nitrogen and oxygen atoms in total.